The van der Waals surface area contributed by atoms with Gasteiger partial charge in [0.1, 0.15) is 0 Å². The number of fused-ring (bicyclic) bond motifs is 9. The van der Waals surface area contributed by atoms with E-state index in [1.54, 1.807) is 0 Å². The van der Waals surface area contributed by atoms with E-state index in [0.717, 1.165) is 12.8 Å². The maximum absolute atomic E-state index is 2.43. The van der Waals surface area contributed by atoms with Crippen molar-refractivity contribution in [3.63, 3.8) is 0 Å². The van der Waals surface area contributed by atoms with E-state index in [2.05, 4.69) is 182 Å². The number of para-hydroxylation sites is 3. The van der Waals surface area contributed by atoms with Crippen LogP contribution in [0.1, 0.15) is 37.5 Å². The average Bonchev–Trinajstić information content (AvgIpc) is 3.78. The van der Waals surface area contributed by atoms with Gasteiger partial charge in [-0.3, -0.25) is 0 Å². The Labute approximate surface area is 292 Å². The highest BCUT2D eigenvalue weighted by atomic mass is 15.0. The zero-order chi connectivity index (χ0) is 33.6. The minimum atomic E-state index is 0.221. The van der Waals surface area contributed by atoms with Gasteiger partial charge in [-0.2, -0.15) is 0 Å². The van der Waals surface area contributed by atoms with Gasteiger partial charge in [0.25, 0.3) is 0 Å². The van der Waals surface area contributed by atoms with E-state index < -0.39 is 0 Å². The Morgan fingerprint density at radius 1 is 0.440 bits per heavy atom. The molecule has 2 heteroatoms. The molecule has 0 unspecified atom stereocenters. The summed E-state index contributed by atoms with van der Waals surface area (Å²) < 4.78 is 4.85. The van der Waals surface area contributed by atoms with Crippen molar-refractivity contribution in [2.75, 3.05) is 0 Å². The normalized spacial score (nSPS) is 12.7. The second kappa shape index (κ2) is 10.8. The lowest BCUT2D eigenvalue weighted by molar-refractivity contribution is 0.411. The number of nitrogens with zero attached hydrogens (tertiary/aromatic N) is 2. The highest BCUT2D eigenvalue weighted by Crippen LogP contribution is 2.43. The molecular weight excluding hydrogens is 605 g/mol. The van der Waals surface area contributed by atoms with Gasteiger partial charge in [-0.1, -0.05) is 106 Å². The van der Waals surface area contributed by atoms with Crippen LogP contribution >= 0.6 is 0 Å². The Bertz CT molecular complexity index is 2730. The third-order valence-corrected chi connectivity index (χ3v) is 10.6. The second-order valence-corrected chi connectivity index (χ2v) is 15.3. The SMILES string of the molecule is CC(C)(C)Cc1ccc2c(c1)c1cc(-c3ccc4c(c3)-c3cc(-n5c6ccccc6c6ccccc65)ccc3C4)ccc1n2-c1ccccc1. The summed E-state index contributed by atoms with van der Waals surface area (Å²) in [5.74, 6) is 0. The summed E-state index contributed by atoms with van der Waals surface area (Å²) in [4.78, 5) is 0. The van der Waals surface area contributed by atoms with Gasteiger partial charge in [0.2, 0.25) is 0 Å². The van der Waals surface area contributed by atoms with E-state index in [-0.39, 0.29) is 5.41 Å². The molecule has 10 rings (SSSR count). The molecule has 240 valence electrons. The number of hydrogen-bond acceptors (Lipinski definition) is 0. The summed E-state index contributed by atoms with van der Waals surface area (Å²) in [5.41, 5.74) is 17.0. The molecule has 0 saturated heterocycles. The van der Waals surface area contributed by atoms with Gasteiger partial charge in [0.05, 0.1) is 22.1 Å². The third kappa shape index (κ3) is 4.55. The van der Waals surface area contributed by atoms with E-state index in [4.69, 9.17) is 0 Å². The van der Waals surface area contributed by atoms with E-state index in [1.807, 2.05) is 0 Å². The molecule has 2 heterocycles. The molecule has 0 atom stereocenters. The summed E-state index contributed by atoms with van der Waals surface area (Å²) in [6.07, 6.45) is 2.01. The fraction of sp³-hybridized carbons (Fsp3) is 0.125. The lowest BCUT2D eigenvalue weighted by atomic mass is 9.87. The molecule has 50 heavy (non-hydrogen) atoms. The smallest absolute Gasteiger partial charge is 0.0541 e. The standard InChI is InChI=1S/C48H38N2/c1-48(2,3)30-31-17-23-46-42(25-31)43-28-33(21-24-47(43)49(46)36-11-5-4-6-12-36)32-18-19-34-26-35-20-22-37(29-41(35)40(34)27-32)50-44-15-9-7-13-38(44)39-14-8-10-16-45(39)50/h4-25,27-29H,26,30H2,1-3H3. The summed E-state index contributed by atoms with van der Waals surface area (Å²) >= 11 is 0. The zero-order valence-electron chi connectivity index (χ0n) is 28.7. The van der Waals surface area contributed by atoms with E-state index in [1.165, 1.54) is 93.9 Å². The van der Waals surface area contributed by atoms with Crippen molar-refractivity contribution in [2.45, 2.75) is 33.6 Å². The van der Waals surface area contributed by atoms with Gasteiger partial charge in [-0.25, -0.2) is 0 Å². The van der Waals surface area contributed by atoms with Crippen molar-refractivity contribution in [3.05, 3.63) is 168 Å². The Morgan fingerprint density at radius 2 is 0.980 bits per heavy atom. The third-order valence-electron chi connectivity index (χ3n) is 10.6. The van der Waals surface area contributed by atoms with Gasteiger partial charge in [-0.15, -0.1) is 0 Å². The van der Waals surface area contributed by atoms with Crippen molar-refractivity contribution in [3.8, 4) is 33.6 Å². The molecule has 0 radical (unpaired) electrons. The van der Waals surface area contributed by atoms with Gasteiger partial charge < -0.3 is 9.13 Å². The number of hydrogen-bond donors (Lipinski definition) is 0. The molecule has 2 nitrogen and oxygen atoms in total. The van der Waals surface area contributed by atoms with Crippen LogP contribution in [-0.2, 0) is 12.8 Å². The molecule has 0 aliphatic heterocycles. The molecule has 0 N–H and O–H groups in total. The van der Waals surface area contributed by atoms with Crippen LogP contribution < -0.4 is 0 Å². The van der Waals surface area contributed by atoms with Crippen molar-refractivity contribution >= 4 is 43.6 Å². The Kier molecular flexibility index (Phi) is 6.30. The zero-order valence-corrected chi connectivity index (χ0v) is 28.7. The van der Waals surface area contributed by atoms with Crippen LogP contribution in [0.4, 0.5) is 0 Å². The van der Waals surface area contributed by atoms with Crippen LogP contribution in [0.25, 0.3) is 77.2 Å². The van der Waals surface area contributed by atoms with Crippen LogP contribution in [-0.4, -0.2) is 9.13 Å². The van der Waals surface area contributed by atoms with Crippen LogP contribution in [0, 0.1) is 5.41 Å². The lowest BCUT2D eigenvalue weighted by Crippen LogP contribution is -2.08. The lowest BCUT2D eigenvalue weighted by Gasteiger charge is -2.18. The van der Waals surface area contributed by atoms with Crippen LogP contribution in [0.5, 0.6) is 0 Å². The molecule has 0 fully saturated rings. The quantitative estimate of drug-likeness (QED) is 0.181. The molecule has 1 aliphatic carbocycles. The first-order valence-electron chi connectivity index (χ1n) is 17.8. The first kappa shape index (κ1) is 29.1. The summed E-state index contributed by atoms with van der Waals surface area (Å²) in [6, 6.07) is 56.6. The maximum atomic E-state index is 2.43. The highest BCUT2D eigenvalue weighted by Gasteiger charge is 2.22. The fourth-order valence-corrected chi connectivity index (χ4v) is 8.50. The minimum Gasteiger partial charge on any atom is -0.309 e. The molecule has 0 spiro atoms. The molecule has 0 bridgehead atoms. The van der Waals surface area contributed by atoms with Crippen LogP contribution in [0.3, 0.4) is 0 Å². The van der Waals surface area contributed by atoms with Gasteiger partial charge in [0, 0.05) is 32.9 Å². The fourth-order valence-electron chi connectivity index (χ4n) is 8.50. The summed E-state index contributed by atoms with van der Waals surface area (Å²) in [5, 5.41) is 5.20. The first-order chi connectivity index (χ1) is 24.4. The van der Waals surface area contributed by atoms with E-state index in [0.29, 0.717) is 0 Å². The monoisotopic (exact) mass is 642 g/mol. The van der Waals surface area contributed by atoms with Gasteiger partial charge in [0.15, 0.2) is 0 Å². The molecular formula is C48H38N2. The summed E-state index contributed by atoms with van der Waals surface area (Å²) in [7, 11) is 0. The van der Waals surface area contributed by atoms with Crippen molar-refractivity contribution in [2.24, 2.45) is 5.41 Å². The molecule has 1 aliphatic rings. The van der Waals surface area contributed by atoms with E-state index in [9.17, 15) is 0 Å². The summed E-state index contributed by atoms with van der Waals surface area (Å²) in [6.45, 7) is 6.96. The molecule has 7 aromatic carbocycles. The molecule has 0 amide bonds. The van der Waals surface area contributed by atoms with Crippen molar-refractivity contribution in [1.29, 1.82) is 0 Å². The molecule has 9 aromatic rings. The maximum Gasteiger partial charge on any atom is 0.0541 e. The van der Waals surface area contributed by atoms with Gasteiger partial charge in [-0.05, 0) is 124 Å². The minimum absolute atomic E-state index is 0.221. The highest BCUT2D eigenvalue weighted by molar-refractivity contribution is 6.11. The first-order valence-corrected chi connectivity index (χ1v) is 17.8. The number of rotatable bonds is 4. The Balaban J connectivity index is 1.12. The van der Waals surface area contributed by atoms with Gasteiger partial charge >= 0.3 is 0 Å². The predicted octanol–water partition coefficient (Wildman–Crippen LogP) is 12.7. The molecule has 2 aromatic heterocycles. The van der Waals surface area contributed by atoms with E-state index >= 15 is 0 Å². The number of benzene rings is 7. The molecule has 0 saturated carbocycles. The van der Waals surface area contributed by atoms with Crippen LogP contribution in [0.2, 0.25) is 0 Å². The van der Waals surface area contributed by atoms with Crippen molar-refractivity contribution < 1.29 is 0 Å². The topological polar surface area (TPSA) is 9.86 Å². The number of aromatic nitrogens is 2. The predicted molar refractivity (Wildman–Crippen MR) is 212 cm³/mol. The Morgan fingerprint density at radius 3 is 1.70 bits per heavy atom. The Hall–Kier alpha value is -5.86. The second-order valence-electron chi connectivity index (χ2n) is 15.3. The van der Waals surface area contributed by atoms with Crippen molar-refractivity contribution in [1.82, 2.24) is 9.13 Å². The average molecular weight is 643 g/mol. The largest absolute Gasteiger partial charge is 0.309 e. The van der Waals surface area contributed by atoms with Crippen LogP contribution in [0.15, 0.2) is 152 Å².